The van der Waals surface area contributed by atoms with Crippen molar-refractivity contribution in [1.82, 2.24) is 0 Å². The van der Waals surface area contributed by atoms with Gasteiger partial charge in [0.15, 0.2) is 0 Å². The zero-order chi connectivity index (χ0) is 16.2. The summed E-state index contributed by atoms with van der Waals surface area (Å²) >= 11 is 0. The summed E-state index contributed by atoms with van der Waals surface area (Å²) in [7, 11) is -4.33. The lowest BCUT2D eigenvalue weighted by molar-refractivity contribution is 0.483. The number of hydrogen-bond acceptors (Lipinski definition) is 2. The van der Waals surface area contributed by atoms with Gasteiger partial charge in [0.25, 0.3) is 10.1 Å². The van der Waals surface area contributed by atoms with E-state index in [2.05, 4.69) is 13.2 Å². The molecule has 0 saturated carbocycles. The number of rotatable bonds is 5. The van der Waals surface area contributed by atoms with Gasteiger partial charge in [0.1, 0.15) is 4.90 Å². The molecule has 0 radical (unpaired) electrons. The molecular formula is C18H16O3S. The fourth-order valence-electron chi connectivity index (χ4n) is 2.28. The Morgan fingerprint density at radius 2 is 1.41 bits per heavy atom. The first kappa shape index (κ1) is 15.9. The fourth-order valence-corrected chi connectivity index (χ4v) is 2.99. The third-order valence-corrected chi connectivity index (χ3v) is 4.15. The van der Waals surface area contributed by atoms with E-state index in [0.717, 1.165) is 11.1 Å². The van der Waals surface area contributed by atoms with Crippen molar-refractivity contribution in [3.05, 3.63) is 91.0 Å². The first-order valence-corrected chi connectivity index (χ1v) is 8.04. The number of hydrogen-bond donors (Lipinski definition) is 1. The summed E-state index contributed by atoms with van der Waals surface area (Å²) in [4.78, 5) is -0.153. The molecule has 0 aliphatic heterocycles. The normalized spacial score (nSPS) is 12.4. The molecule has 0 aliphatic carbocycles. The lowest BCUT2D eigenvalue weighted by Crippen LogP contribution is -2.03. The molecule has 0 atom stereocenters. The van der Waals surface area contributed by atoms with Crippen molar-refractivity contribution in [1.29, 1.82) is 0 Å². The predicted octanol–water partition coefficient (Wildman–Crippen LogP) is 4.22. The summed E-state index contributed by atoms with van der Waals surface area (Å²) in [5.41, 5.74) is 2.61. The van der Waals surface area contributed by atoms with E-state index in [1.165, 1.54) is 6.07 Å². The van der Waals surface area contributed by atoms with Crippen LogP contribution in [-0.4, -0.2) is 13.0 Å². The Morgan fingerprint density at radius 1 is 0.864 bits per heavy atom. The van der Waals surface area contributed by atoms with Crippen LogP contribution < -0.4 is 0 Å². The summed E-state index contributed by atoms with van der Waals surface area (Å²) in [6.07, 6.45) is 3.21. The maximum Gasteiger partial charge on any atom is 0.295 e. The summed E-state index contributed by atoms with van der Waals surface area (Å²) in [6.45, 7) is 7.58. The zero-order valence-corrected chi connectivity index (χ0v) is 12.8. The van der Waals surface area contributed by atoms with E-state index in [-0.39, 0.29) is 4.90 Å². The lowest BCUT2D eigenvalue weighted by Gasteiger charge is -2.13. The van der Waals surface area contributed by atoms with Gasteiger partial charge >= 0.3 is 0 Å². The highest BCUT2D eigenvalue weighted by Crippen LogP contribution is 2.31. The van der Waals surface area contributed by atoms with E-state index in [4.69, 9.17) is 0 Å². The summed E-state index contributed by atoms with van der Waals surface area (Å²) < 4.78 is 32.6. The highest BCUT2D eigenvalue weighted by atomic mass is 32.2. The Labute approximate surface area is 130 Å². The van der Waals surface area contributed by atoms with Gasteiger partial charge in [-0.2, -0.15) is 8.42 Å². The monoisotopic (exact) mass is 312 g/mol. The Hall–Kier alpha value is -2.43. The van der Waals surface area contributed by atoms with Gasteiger partial charge in [-0.25, -0.2) is 0 Å². The summed E-state index contributed by atoms with van der Waals surface area (Å²) in [5, 5.41) is 0. The van der Waals surface area contributed by atoms with Crippen molar-refractivity contribution in [3.8, 4) is 0 Å². The smallest absolute Gasteiger partial charge is 0.282 e. The molecule has 0 heterocycles. The third-order valence-electron chi connectivity index (χ3n) is 3.24. The van der Waals surface area contributed by atoms with Gasteiger partial charge < -0.3 is 0 Å². The maximum atomic E-state index is 11.6. The first-order valence-electron chi connectivity index (χ1n) is 6.60. The topological polar surface area (TPSA) is 54.4 Å². The van der Waals surface area contributed by atoms with E-state index >= 15 is 0 Å². The molecule has 0 amide bonds. The van der Waals surface area contributed by atoms with Gasteiger partial charge in [-0.3, -0.25) is 4.55 Å². The van der Waals surface area contributed by atoms with E-state index in [0.29, 0.717) is 11.1 Å². The molecule has 0 aromatic heterocycles. The highest BCUT2D eigenvalue weighted by Gasteiger charge is 2.18. The van der Waals surface area contributed by atoms with Gasteiger partial charge in [0, 0.05) is 5.56 Å². The van der Waals surface area contributed by atoms with Crippen molar-refractivity contribution in [2.24, 2.45) is 0 Å². The van der Waals surface area contributed by atoms with E-state index in [9.17, 15) is 13.0 Å². The SMILES string of the molecule is C=CC(=C(C=C)c1ccccc1S(=O)(=O)O)c1ccccc1. The minimum absolute atomic E-state index is 0.153. The Bertz CT molecular complexity index is 832. The van der Waals surface area contributed by atoms with Crippen molar-refractivity contribution < 1.29 is 13.0 Å². The van der Waals surface area contributed by atoms with Gasteiger partial charge in [0.05, 0.1) is 0 Å². The second-order valence-electron chi connectivity index (χ2n) is 4.57. The molecule has 2 aromatic rings. The Balaban J connectivity index is 2.80. The first-order chi connectivity index (χ1) is 10.5. The molecule has 0 saturated heterocycles. The van der Waals surface area contributed by atoms with Crippen LogP contribution in [-0.2, 0) is 10.1 Å². The van der Waals surface area contributed by atoms with Crippen LogP contribution in [0.5, 0.6) is 0 Å². The van der Waals surface area contributed by atoms with E-state index in [1.807, 2.05) is 30.3 Å². The van der Waals surface area contributed by atoms with Crippen molar-refractivity contribution in [2.45, 2.75) is 4.90 Å². The Morgan fingerprint density at radius 3 is 1.95 bits per heavy atom. The second-order valence-corrected chi connectivity index (χ2v) is 5.96. The molecule has 0 aliphatic rings. The molecule has 0 unspecified atom stereocenters. The molecule has 0 bridgehead atoms. The van der Waals surface area contributed by atoms with E-state index in [1.54, 1.807) is 30.4 Å². The van der Waals surface area contributed by atoms with Gasteiger partial charge in [-0.05, 0) is 22.8 Å². The molecule has 0 fully saturated rings. The lowest BCUT2D eigenvalue weighted by atomic mass is 9.94. The zero-order valence-electron chi connectivity index (χ0n) is 11.9. The molecule has 3 nitrogen and oxygen atoms in total. The molecule has 2 aromatic carbocycles. The molecule has 4 heteroatoms. The van der Waals surface area contributed by atoms with Crippen molar-refractivity contribution in [2.75, 3.05) is 0 Å². The van der Waals surface area contributed by atoms with Crippen molar-refractivity contribution >= 4 is 21.3 Å². The van der Waals surface area contributed by atoms with Crippen LogP contribution in [0.1, 0.15) is 11.1 Å². The molecule has 22 heavy (non-hydrogen) atoms. The number of allylic oxidation sites excluding steroid dienone is 4. The molecule has 1 N–H and O–H groups in total. The molecule has 2 rings (SSSR count). The molecular weight excluding hydrogens is 296 g/mol. The second kappa shape index (κ2) is 6.56. The molecule has 112 valence electrons. The quantitative estimate of drug-likeness (QED) is 0.511. The number of benzene rings is 2. The average Bonchev–Trinajstić information content (AvgIpc) is 2.52. The van der Waals surface area contributed by atoms with Gasteiger partial charge in [0.2, 0.25) is 0 Å². The van der Waals surface area contributed by atoms with Crippen LogP contribution in [0.4, 0.5) is 0 Å². The van der Waals surface area contributed by atoms with Gasteiger partial charge in [-0.15, -0.1) is 0 Å². The fraction of sp³-hybridized carbons (Fsp3) is 0. The Kier molecular flexibility index (Phi) is 4.75. The van der Waals surface area contributed by atoms with Gasteiger partial charge in [-0.1, -0.05) is 73.8 Å². The minimum Gasteiger partial charge on any atom is -0.282 e. The van der Waals surface area contributed by atoms with Crippen LogP contribution in [0.3, 0.4) is 0 Å². The maximum absolute atomic E-state index is 11.6. The standard InChI is InChI=1S/C18H16O3S/c1-3-15(14-10-6-5-7-11-14)16(4-2)17-12-8-9-13-18(17)22(19,20)21/h3-13H,1-2H2,(H,19,20,21). The third kappa shape index (κ3) is 3.24. The highest BCUT2D eigenvalue weighted by molar-refractivity contribution is 7.86. The predicted molar refractivity (Wildman–Crippen MR) is 89.9 cm³/mol. The van der Waals surface area contributed by atoms with Crippen LogP contribution in [0.2, 0.25) is 0 Å². The minimum atomic E-state index is -4.33. The van der Waals surface area contributed by atoms with Crippen LogP contribution in [0.25, 0.3) is 11.1 Å². The van der Waals surface area contributed by atoms with Crippen LogP contribution >= 0.6 is 0 Å². The van der Waals surface area contributed by atoms with Crippen LogP contribution in [0, 0.1) is 0 Å². The summed E-state index contributed by atoms with van der Waals surface area (Å²) in [5.74, 6) is 0. The van der Waals surface area contributed by atoms with Crippen LogP contribution in [0.15, 0.2) is 84.8 Å². The largest absolute Gasteiger partial charge is 0.295 e. The summed E-state index contributed by atoms with van der Waals surface area (Å²) in [6, 6.07) is 15.7. The van der Waals surface area contributed by atoms with Crippen molar-refractivity contribution in [3.63, 3.8) is 0 Å². The average molecular weight is 312 g/mol. The molecule has 0 spiro atoms. The van der Waals surface area contributed by atoms with E-state index < -0.39 is 10.1 Å².